The minimum absolute atomic E-state index is 0.429. The number of ether oxygens (including phenoxy) is 2. The number of nitrogens with one attached hydrogen (secondary N) is 1. The van der Waals surface area contributed by atoms with E-state index in [0.29, 0.717) is 31.2 Å². The fourth-order valence-electron chi connectivity index (χ4n) is 2.40. The predicted molar refractivity (Wildman–Crippen MR) is 98.5 cm³/mol. The van der Waals surface area contributed by atoms with Crippen LogP contribution in [0.15, 0.2) is 63.9 Å². The van der Waals surface area contributed by atoms with Crippen LogP contribution in [0.25, 0.3) is 0 Å². The summed E-state index contributed by atoms with van der Waals surface area (Å²) >= 11 is 3.58. The molecule has 0 atom stereocenters. The van der Waals surface area contributed by atoms with Gasteiger partial charge in [-0.2, -0.15) is 0 Å². The first kappa shape index (κ1) is 17.5. The first-order valence-corrected chi connectivity index (χ1v) is 8.67. The Morgan fingerprint density at radius 2 is 2.08 bits per heavy atom. The minimum Gasteiger partial charge on any atom is -0.493 e. The highest BCUT2D eigenvalue weighted by Crippen LogP contribution is 2.37. The Morgan fingerprint density at radius 1 is 1.16 bits per heavy atom. The van der Waals surface area contributed by atoms with E-state index in [-0.39, 0.29) is 0 Å². The average Bonchev–Trinajstić information content (AvgIpc) is 3.15. The lowest BCUT2D eigenvalue weighted by atomic mass is 10.2. The molecule has 0 aliphatic rings. The van der Waals surface area contributed by atoms with Gasteiger partial charge in [0.1, 0.15) is 12.4 Å². The second-order valence-electron chi connectivity index (χ2n) is 5.44. The van der Waals surface area contributed by atoms with Gasteiger partial charge in [-0.3, -0.25) is 4.98 Å². The highest BCUT2D eigenvalue weighted by molar-refractivity contribution is 9.10. The molecule has 0 radical (unpaired) electrons. The van der Waals surface area contributed by atoms with Crippen molar-refractivity contribution in [3.63, 3.8) is 0 Å². The number of pyridine rings is 1. The molecule has 130 valence electrons. The van der Waals surface area contributed by atoms with Gasteiger partial charge in [0, 0.05) is 24.5 Å². The van der Waals surface area contributed by atoms with Crippen molar-refractivity contribution < 1.29 is 13.9 Å². The number of halogens is 1. The molecule has 2 aromatic heterocycles. The van der Waals surface area contributed by atoms with E-state index in [0.717, 1.165) is 21.4 Å². The molecule has 3 rings (SSSR count). The lowest BCUT2D eigenvalue weighted by Gasteiger charge is -2.14. The molecule has 0 spiro atoms. The standard InChI is InChI=1S/C19H19BrN2O3/c1-23-18-9-15(11-22-12-16-5-3-7-24-16)8-17(20)19(18)25-13-14-4-2-6-21-10-14/h2-10,22H,11-13H2,1H3. The van der Waals surface area contributed by atoms with E-state index in [1.807, 2.05) is 36.4 Å². The number of aromatic nitrogens is 1. The van der Waals surface area contributed by atoms with Crippen LogP contribution in [0.3, 0.4) is 0 Å². The molecule has 0 aliphatic heterocycles. The number of rotatable bonds is 8. The van der Waals surface area contributed by atoms with Crippen LogP contribution in [0.5, 0.6) is 11.5 Å². The van der Waals surface area contributed by atoms with Gasteiger partial charge in [-0.25, -0.2) is 0 Å². The second kappa shape index (κ2) is 8.69. The Labute approximate surface area is 155 Å². The lowest BCUT2D eigenvalue weighted by molar-refractivity contribution is 0.282. The number of nitrogens with zero attached hydrogens (tertiary/aromatic N) is 1. The summed E-state index contributed by atoms with van der Waals surface area (Å²) in [6, 6.07) is 11.7. The highest BCUT2D eigenvalue weighted by atomic mass is 79.9. The number of hydrogen-bond acceptors (Lipinski definition) is 5. The molecule has 0 amide bonds. The molecular weight excluding hydrogens is 384 g/mol. The van der Waals surface area contributed by atoms with E-state index in [9.17, 15) is 0 Å². The summed E-state index contributed by atoms with van der Waals surface area (Å²) in [5.41, 5.74) is 2.09. The molecule has 1 aromatic carbocycles. The minimum atomic E-state index is 0.429. The van der Waals surface area contributed by atoms with Crippen molar-refractivity contribution in [3.05, 3.63) is 76.4 Å². The van der Waals surface area contributed by atoms with Gasteiger partial charge in [-0.1, -0.05) is 6.07 Å². The number of hydrogen-bond donors (Lipinski definition) is 1. The smallest absolute Gasteiger partial charge is 0.175 e. The quantitative estimate of drug-likeness (QED) is 0.607. The van der Waals surface area contributed by atoms with Crippen LogP contribution in [0.4, 0.5) is 0 Å². The maximum absolute atomic E-state index is 5.92. The summed E-state index contributed by atoms with van der Waals surface area (Å²) in [7, 11) is 1.64. The summed E-state index contributed by atoms with van der Waals surface area (Å²) in [6.45, 7) is 1.80. The molecule has 0 fully saturated rings. The molecular formula is C19H19BrN2O3. The fourth-order valence-corrected chi connectivity index (χ4v) is 3.00. The van der Waals surface area contributed by atoms with Crippen LogP contribution >= 0.6 is 15.9 Å². The summed E-state index contributed by atoms with van der Waals surface area (Å²) in [6.07, 6.45) is 5.20. The molecule has 0 saturated carbocycles. The number of benzene rings is 1. The van der Waals surface area contributed by atoms with E-state index in [4.69, 9.17) is 13.9 Å². The highest BCUT2D eigenvalue weighted by Gasteiger charge is 2.12. The van der Waals surface area contributed by atoms with Gasteiger partial charge in [0.05, 0.1) is 24.4 Å². The molecule has 5 nitrogen and oxygen atoms in total. The van der Waals surface area contributed by atoms with Gasteiger partial charge in [0.2, 0.25) is 0 Å². The first-order valence-electron chi connectivity index (χ1n) is 7.87. The van der Waals surface area contributed by atoms with Crippen molar-refractivity contribution in [3.8, 4) is 11.5 Å². The van der Waals surface area contributed by atoms with Crippen molar-refractivity contribution in [2.45, 2.75) is 19.7 Å². The van der Waals surface area contributed by atoms with Crippen LogP contribution in [0.1, 0.15) is 16.9 Å². The Kier molecular flexibility index (Phi) is 6.09. The van der Waals surface area contributed by atoms with Crippen LogP contribution in [0.2, 0.25) is 0 Å². The maximum Gasteiger partial charge on any atom is 0.175 e. The molecule has 0 saturated heterocycles. The SMILES string of the molecule is COc1cc(CNCc2ccco2)cc(Br)c1OCc1cccnc1. The Balaban J connectivity index is 1.65. The number of furan rings is 1. The van der Waals surface area contributed by atoms with Crippen LogP contribution in [-0.4, -0.2) is 12.1 Å². The third-order valence-electron chi connectivity index (χ3n) is 3.60. The van der Waals surface area contributed by atoms with Crippen molar-refractivity contribution in [1.29, 1.82) is 0 Å². The summed E-state index contributed by atoms with van der Waals surface area (Å²) < 4.78 is 17.6. The first-order chi connectivity index (χ1) is 12.3. The fraction of sp³-hybridized carbons (Fsp3) is 0.211. The van der Waals surface area contributed by atoms with Crippen LogP contribution in [-0.2, 0) is 19.7 Å². The van der Waals surface area contributed by atoms with Gasteiger partial charge < -0.3 is 19.2 Å². The van der Waals surface area contributed by atoms with Crippen molar-refractivity contribution in [1.82, 2.24) is 10.3 Å². The Hall–Kier alpha value is -2.31. The predicted octanol–water partition coefficient (Wildman–Crippen LogP) is 4.31. The zero-order chi connectivity index (χ0) is 17.5. The van der Waals surface area contributed by atoms with Crippen LogP contribution in [0, 0.1) is 0 Å². The van der Waals surface area contributed by atoms with Crippen molar-refractivity contribution >= 4 is 15.9 Å². The van der Waals surface area contributed by atoms with Gasteiger partial charge in [0.25, 0.3) is 0 Å². The van der Waals surface area contributed by atoms with Gasteiger partial charge in [-0.05, 0) is 51.8 Å². The topological polar surface area (TPSA) is 56.5 Å². The zero-order valence-corrected chi connectivity index (χ0v) is 15.5. The van der Waals surface area contributed by atoms with Crippen molar-refractivity contribution in [2.24, 2.45) is 0 Å². The van der Waals surface area contributed by atoms with E-state index >= 15 is 0 Å². The monoisotopic (exact) mass is 402 g/mol. The zero-order valence-electron chi connectivity index (χ0n) is 13.9. The van der Waals surface area contributed by atoms with E-state index in [1.165, 1.54) is 0 Å². The van der Waals surface area contributed by atoms with Crippen LogP contribution < -0.4 is 14.8 Å². The number of methoxy groups -OCH3 is 1. The normalized spacial score (nSPS) is 10.6. The molecule has 3 aromatic rings. The summed E-state index contributed by atoms with van der Waals surface area (Å²) in [5, 5.41) is 3.34. The van der Waals surface area contributed by atoms with E-state index < -0.39 is 0 Å². The lowest BCUT2D eigenvalue weighted by Crippen LogP contribution is -2.12. The molecule has 0 aliphatic carbocycles. The second-order valence-corrected chi connectivity index (χ2v) is 6.30. The molecule has 1 N–H and O–H groups in total. The largest absolute Gasteiger partial charge is 0.493 e. The van der Waals surface area contributed by atoms with Gasteiger partial charge in [-0.15, -0.1) is 0 Å². The Morgan fingerprint density at radius 3 is 2.80 bits per heavy atom. The molecule has 0 unspecified atom stereocenters. The van der Waals surface area contributed by atoms with E-state index in [1.54, 1.807) is 25.8 Å². The summed E-state index contributed by atoms with van der Waals surface area (Å²) in [4.78, 5) is 4.09. The van der Waals surface area contributed by atoms with Crippen molar-refractivity contribution in [2.75, 3.05) is 7.11 Å². The molecule has 2 heterocycles. The third-order valence-corrected chi connectivity index (χ3v) is 4.19. The summed E-state index contributed by atoms with van der Waals surface area (Å²) in [5.74, 6) is 2.27. The third kappa shape index (κ3) is 4.84. The van der Waals surface area contributed by atoms with E-state index in [2.05, 4.69) is 26.2 Å². The Bertz CT molecular complexity index is 792. The molecule has 6 heteroatoms. The molecule has 25 heavy (non-hydrogen) atoms. The van der Waals surface area contributed by atoms with Gasteiger partial charge in [0.15, 0.2) is 11.5 Å². The van der Waals surface area contributed by atoms with Gasteiger partial charge >= 0.3 is 0 Å². The maximum atomic E-state index is 5.92. The average molecular weight is 403 g/mol. The molecule has 0 bridgehead atoms.